The fraction of sp³-hybridized carbons (Fsp3) is 1.00. The molecule has 0 aromatic rings. The molecular weight excluding hydrogens is 264 g/mol. The monoisotopic (exact) mass is 302 g/mol. The molecule has 4 atom stereocenters. The molecule has 4 unspecified atom stereocenters. The minimum Gasteiger partial charge on any atom is -0.400 e. The quantitative estimate of drug-likeness (QED) is 0.464. The van der Waals surface area contributed by atoms with Gasteiger partial charge in [0, 0.05) is 13.2 Å². The summed E-state index contributed by atoms with van der Waals surface area (Å²) in [6.07, 6.45) is 6.48. The lowest BCUT2D eigenvalue weighted by Gasteiger charge is -2.28. The molecule has 0 fully saturated rings. The summed E-state index contributed by atoms with van der Waals surface area (Å²) in [5.74, 6) is 2.22. The molecule has 20 heavy (non-hydrogen) atoms. The molecule has 0 aliphatic rings. The molecule has 0 aliphatic carbocycles. The highest BCUT2D eigenvalue weighted by Crippen LogP contribution is 2.23. The van der Waals surface area contributed by atoms with Crippen LogP contribution in [0.1, 0.15) is 73.6 Å². The molecule has 0 aromatic heterocycles. The fourth-order valence-electron chi connectivity index (χ4n) is 2.36. The Bertz CT molecular complexity index is 211. The molecule has 0 radical (unpaired) electrons. The van der Waals surface area contributed by atoms with Crippen molar-refractivity contribution in [1.82, 2.24) is 0 Å². The molecule has 122 valence electrons. The molecule has 0 amide bonds. The van der Waals surface area contributed by atoms with Crippen molar-refractivity contribution in [2.75, 3.05) is 7.11 Å². The zero-order valence-electron chi connectivity index (χ0n) is 14.9. The number of hydrogen-bond acceptors (Lipinski definition) is 2. The Kier molecular flexibility index (Phi) is 11.8. The molecule has 0 rings (SSSR count). The molecule has 0 N–H and O–H groups in total. The number of rotatable bonds is 12. The molecule has 0 bridgehead atoms. The van der Waals surface area contributed by atoms with Gasteiger partial charge in [-0.05, 0) is 36.6 Å². The lowest BCUT2D eigenvalue weighted by Crippen LogP contribution is -2.31. The van der Waals surface area contributed by atoms with E-state index in [9.17, 15) is 0 Å². The molecule has 0 heterocycles. The Morgan fingerprint density at radius 1 is 0.800 bits per heavy atom. The summed E-state index contributed by atoms with van der Waals surface area (Å²) in [5, 5.41) is 0. The standard InChI is InChI=1S/C17H38O2Si/c1-8-14(4)11-17(12-15(5)9-2)19-20(18-7)13-16(6)10-3/h14-17,20H,8-13H2,1-7H3. The molecule has 3 heteroatoms. The third-order valence-corrected chi connectivity index (χ3v) is 7.03. The molecule has 2 nitrogen and oxygen atoms in total. The molecule has 0 aliphatic heterocycles. The van der Waals surface area contributed by atoms with Gasteiger partial charge in [-0.15, -0.1) is 0 Å². The van der Waals surface area contributed by atoms with Crippen LogP contribution in [-0.2, 0) is 8.85 Å². The minimum absolute atomic E-state index is 0.403. The molecular formula is C17H38O2Si. The molecule has 0 saturated heterocycles. The zero-order valence-corrected chi connectivity index (χ0v) is 16.1. The van der Waals surface area contributed by atoms with Gasteiger partial charge in [0.2, 0.25) is 0 Å². The van der Waals surface area contributed by atoms with Crippen LogP contribution in [0.3, 0.4) is 0 Å². The van der Waals surface area contributed by atoms with Crippen molar-refractivity contribution in [3.63, 3.8) is 0 Å². The van der Waals surface area contributed by atoms with Gasteiger partial charge in [-0.1, -0.05) is 60.8 Å². The largest absolute Gasteiger partial charge is 0.400 e. The van der Waals surface area contributed by atoms with Crippen molar-refractivity contribution < 1.29 is 8.85 Å². The van der Waals surface area contributed by atoms with Crippen LogP contribution in [0, 0.1) is 17.8 Å². The highest BCUT2D eigenvalue weighted by molar-refractivity contribution is 6.44. The van der Waals surface area contributed by atoms with Crippen LogP contribution in [-0.4, -0.2) is 22.5 Å². The van der Waals surface area contributed by atoms with Crippen LogP contribution in [0.2, 0.25) is 6.04 Å². The first kappa shape index (κ1) is 20.1. The molecule has 0 spiro atoms. The Balaban J connectivity index is 4.49. The Labute approximate surface area is 129 Å². The molecule has 0 aromatic carbocycles. The van der Waals surface area contributed by atoms with Crippen molar-refractivity contribution in [1.29, 1.82) is 0 Å². The normalized spacial score (nSPS) is 19.4. The highest BCUT2D eigenvalue weighted by Gasteiger charge is 2.23. The maximum Gasteiger partial charge on any atom is 0.321 e. The van der Waals surface area contributed by atoms with Gasteiger partial charge in [-0.2, -0.15) is 0 Å². The van der Waals surface area contributed by atoms with E-state index in [4.69, 9.17) is 8.85 Å². The third-order valence-electron chi connectivity index (χ3n) is 4.62. The van der Waals surface area contributed by atoms with Crippen LogP contribution < -0.4 is 0 Å². The topological polar surface area (TPSA) is 18.5 Å². The van der Waals surface area contributed by atoms with E-state index < -0.39 is 9.28 Å². The van der Waals surface area contributed by atoms with E-state index >= 15 is 0 Å². The van der Waals surface area contributed by atoms with E-state index in [2.05, 4.69) is 41.5 Å². The van der Waals surface area contributed by atoms with Crippen molar-refractivity contribution in [2.45, 2.75) is 85.8 Å². The summed E-state index contributed by atoms with van der Waals surface area (Å²) in [4.78, 5) is 0. The lowest BCUT2D eigenvalue weighted by atomic mass is 9.93. The van der Waals surface area contributed by atoms with Crippen LogP contribution >= 0.6 is 0 Å². The van der Waals surface area contributed by atoms with E-state index in [0.717, 1.165) is 23.8 Å². The van der Waals surface area contributed by atoms with Gasteiger partial charge >= 0.3 is 9.28 Å². The van der Waals surface area contributed by atoms with Crippen molar-refractivity contribution in [3.05, 3.63) is 0 Å². The first-order valence-electron chi connectivity index (χ1n) is 8.64. The minimum atomic E-state index is -1.49. The van der Waals surface area contributed by atoms with Gasteiger partial charge in [0.1, 0.15) is 0 Å². The third kappa shape index (κ3) is 9.14. The van der Waals surface area contributed by atoms with Gasteiger partial charge in [-0.3, -0.25) is 0 Å². The first-order chi connectivity index (χ1) is 9.46. The van der Waals surface area contributed by atoms with Crippen LogP contribution in [0.4, 0.5) is 0 Å². The predicted molar refractivity (Wildman–Crippen MR) is 91.4 cm³/mol. The maximum absolute atomic E-state index is 6.43. The van der Waals surface area contributed by atoms with Crippen LogP contribution in [0.5, 0.6) is 0 Å². The van der Waals surface area contributed by atoms with Gasteiger partial charge < -0.3 is 8.85 Å². The summed E-state index contributed by atoms with van der Waals surface area (Å²) in [7, 11) is 0.350. The second-order valence-corrected chi connectivity index (χ2v) is 8.74. The maximum atomic E-state index is 6.43. The summed E-state index contributed by atoms with van der Waals surface area (Å²) in [6, 6.07) is 1.14. The lowest BCUT2D eigenvalue weighted by molar-refractivity contribution is 0.105. The van der Waals surface area contributed by atoms with E-state index in [1.807, 2.05) is 7.11 Å². The zero-order chi connectivity index (χ0) is 15.5. The van der Waals surface area contributed by atoms with Gasteiger partial charge in [0.25, 0.3) is 0 Å². The summed E-state index contributed by atoms with van der Waals surface area (Å²) in [6.45, 7) is 13.8. The average Bonchev–Trinajstić information content (AvgIpc) is 2.45. The summed E-state index contributed by atoms with van der Waals surface area (Å²) >= 11 is 0. The number of hydrogen-bond donors (Lipinski definition) is 0. The van der Waals surface area contributed by atoms with Crippen molar-refractivity contribution >= 4 is 9.28 Å². The van der Waals surface area contributed by atoms with Gasteiger partial charge in [-0.25, -0.2) is 0 Å². The van der Waals surface area contributed by atoms with Gasteiger partial charge in [0.15, 0.2) is 0 Å². The van der Waals surface area contributed by atoms with E-state index in [1.165, 1.54) is 32.1 Å². The van der Waals surface area contributed by atoms with Crippen molar-refractivity contribution in [2.24, 2.45) is 17.8 Å². The SMILES string of the molecule is CCC(C)CC(CC(C)CC)O[SiH](CC(C)CC)OC. The summed E-state index contributed by atoms with van der Waals surface area (Å²) in [5.41, 5.74) is 0. The fourth-order valence-corrected chi connectivity index (χ4v) is 4.41. The Morgan fingerprint density at radius 3 is 1.60 bits per heavy atom. The molecule has 0 saturated carbocycles. The highest BCUT2D eigenvalue weighted by atomic mass is 28.3. The predicted octanol–water partition coefficient (Wildman–Crippen LogP) is 5.16. The van der Waals surface area contributed by atoms with Crippen LogP contribution in [0.15, 0.2) is 0 Å². The second-order valence-electron chi connectivity index (χ2n) is 6.67. The first-order valence-corrected chi connectivity index (χ1v) is 10.4. The van der Waals surface area contributed by atoms with E-state index in [-0.39, 0.29) is 0 Å². The van der Waals surface area contributed by atoms with Crippen molar-refractivity contribution in [3.8, 4) is 0 Å². The average molecular weight is 303 g/mol. The second kappa shape index (κ2) is 11.8. The summed E-state index contributed by atoms with van der Waals surface area (Å²) < 4.78 is 12.1. The van der Waals surface area contributed by atoms with Crippen LogP contribution in [0.25, 0.3) is 0 Å². The Morgan fingerprint density at radius 2 is 1.25 bits per heavy atom. The van der Waals surface area contributed by atoms with E-state index in [1.54, 1.807) is 0 Å². The Hall–Kier alpha value is 0.137. The smallest absolute Gasteiger partial charge is 0.321 e. The van der Waals surface area contributed by atoms with E-state index in [0.29, 0.717) is 6.10 Å². The van der Waals surface area contributed by atoms with Gasteiger partial charge in [0.05, 0.1) is 0 Å².